The summed E-state index contributed by atoms with van der Waals surface area (Å²) < 4.78 is 14.6. The molecule has 2 fully saturated rings. The molecule has 168 valence electrons. The first kappa shape index (κ1) is 21.0. The van der Waals surface area contributed by atoms with Gasteiger partial charge in [0.15, 0.2) is 5.69 Å². The molecule has 5 rings (SSSR count). The van der Waals surface area contributed by atoms with Gasteiger partial charge in [0.05, 0.1) is 10.4 Å². The van der Waals surface area contributed by atoms with Gasteiger partial charge in [0.1, 0.15) is 23.1 Å². The van der Waals surface area contributed by atoms with Crippen LogP contribution in [0.1, 0.15) is 24.1 Å². The fourth-order valence-corrected chi connectivity index (χ4v) is 4.93. The summed E-state index contributed by atoms with van der Waals surface area (Å²) in [5.41, 5.74) is 0.713. The van der Waals surface area contributed by atoms with Crippen molar-refractivity contribution in [1.29, 1.82) is 5.26 Å². The summed E-state index contributed by atoms with van der Waals surface area (Å²) >= 11 is 0. The molecule has 1 aliphatic heterocycles. The molecule has 3 aromatic rings. The van der Waals surface area contributed by atoms with Gasteiger partial charge >= 0.3 is 11.2 Å². The summed E-state index contributed by atoms with van der Waals surface area (Å²) in [4.78, 5) is 32.6. The van der Waals surface area contributed by atoms with Gasteiger partial charge in [-0.25, -0.2) is 9.37 Å². The van der Waals surface area contributed by atoms with E-state index in [2.05, 4.69) is 9.88 Å². The topological polar surface area (TPSA) is 108 Å². The summed E-state index contributed by atoms with van der Waals surface area (Å²) in [7, 11) is 1.46. The molecule has 9 nitrogen and oxygen atoms in total. The number of fused-ring (bicyclic) bond motifs is 1. The van der Waals surface area contributed by atoms with Gasteiger partial charge in [-0.2, -0.15) is 5.26 Å². The van der Waals surface area contributed by atoms with Gasteiger partial charge in [-0.15, -0.1) is 0 Å². The monoisotopic (exact) mass is 448 g/mol. The number of nitrogens with zero attached hydrogens (tertiary/aromatic N) is 6. The number of aromatic nitrogens is 2. The Balaban J connectivity index is 1.52. The highest BCUT2D eigenvalue weighted by Crippen LogP contribution is 2.51. The molecule has 1 saturated carbocycles. The number of aryl methyl sites for hydroxylation is 1. The van der Waals surface area contributed by atoms with Crippen molar-refractivity contribution in [3.63, 3.8) is 0 Å². The lowest BCUT2D eigenvalue weighted by atomic mass is 10.0. The molecule has 0 unspecified atom stereocenters. The molecule has 1 saturated heterocycles. The number of nitriles is 1. The minimum Gasteiger partial charge on any atom is -0.361 e. The van der Waals surface area contributed by atoms with E-state index in [1.165, 1.54) is 29.8 Å². The lowest BCUT2D eigenvalue weighted by Gasteiger charge is -2.40. The fraction of sp³-hybridized carbons (Fsp3) is 0.348. The van der Waals surface area contributed by atoms with E-state index in [9.17, 15) is 24.6 Å². The van der Waals surface area contributed by atoms with Crippen molar-refractivity contribution in [3.05, 3.63) is 73.9 Å². The Morgan fingerprint density at radius 2 is 1.79 bits per heavy atom. The second-order valence-corrected chi connectivity index (χ2v) is 8.51. The third-order valence-corrected chi connectivity index (χ3v) is 6.79. The van der Waals surface area contributed by atoms with Crippen LogP contribution < -0.4 is 10.5 Å². The molecule has 0 atom stereocenters. The van der Waals surface area contributed by atoms with Gasteiger partial charge < -0.3 is 9.47 Å². The standard InChI is InChI=1S/C23H21FN6O3/c1-27-18-7-6-17(14-25)26-19(18)20(21(22(27)31)30(32)33)28-10-12-29(13-11-28)23(8-9-23)15-2-4-16(24)5-3-15/h2-7H,8-13H2,1H3. The lowest BCUT2D eigenvalue weighted by Crippen LogP contribution is -2.51. The number of hydrogen-bond donors (Lipinski definition) is 0. The Morgan fingerprint density at radius 1 is 1.12 bits per heavy atom. The summed E-state index contributed by atoms with van der Waals surface area (Å²) in [6.45, 7) is 2.18. The largest absolute Gasteiger partial charge is 0.361 e. The van der Waals surface area contributed by atoms with Gasteiger partial charge in [-0.05, 0) is 42.7 Å². The first-order valence-corrected chi connectivity index (χ1v) is 10.7. The minimum absolute atomic E-state index is 0.128. The quantitative estimate of drug-likeness (QED) is 0.446. The molecule has 1 aromatic carbocycles. The van der Waals surface area contributed by atoms with E-state index >= 15 is 0 Å². The van der Waals surface area contributed by atoms with Crippen LogP contribution in [0.4, 0.5) is 15.8 Å². The molecule has 33 heavy (non-hydrogen) atoms. The number of nitro groups is 1. The Bertz CT molecular complexity index is 1370. The van der Waals surface area contributed by atoms with Crippen molar-refractivity contribution in [1.82, 2.24) is 14.5 Å². The van der Waals surface area contributed by atoms with Crippen LogP contribution in [0.2, 0.25) is 0 Å². The van der Waals surface area contributed by atoms with Crippen molar-refractivity contribution >= 4 is 22.4 Å². The third kappa shape index (κ3) is 3.32. The Kier molecular flexibility index (Phi) is 4.87. The van der Waals surface area contributed by atoms with Crippen molar-refractivity contribution in [2.24, 2.45) is 7.05 Å². The number of pyridine rings is 2. The molecule has 0 radical (unpaired) electrons. The number of benzene rings is 1. The molecule has 0 N–H and O–H groups in total. The fourth-order valence-electron chi connectivity index (χ4n) is 4.93. The van der Waals surface area contributed by atoms with Gasteiger partial charge in [0.25, 0.3) is 0 Å². The SMILES string of the molecule is Cn1c(=O)c([N+](=O)[O-])c(N2CCN(C3(c4ccc(F)cc4)CC3)CC2)c2nc(C#N)ccc21. The minimum atomic E-state index is -0.707. The average molecular weight is 448 g/mol. The van der Waals surface area contributed by atoms with E-state index in [-0.39, 0.29) is 28.3 Å². The molecule has 2 aromatic heterocycles. The highest BCUT2D eigenvalue weighted by molar-refractivity contribution is 5.94. The smallest absolute Gasteiger partial charge is 0.359 e. The maximum absolute atomic E-state index is 13.4. The van der Waals surface area contributed by atoms with Crippen LogP contribution in [0.25, 0.3) is 11.0 Å². The van der Waals surface area contributed by atoms with Crippen LogP contribution in [-0.4, -0.2) is 45.6 Å². The van der Waals surface area contributed by atoms with Crippen LogP contribution in [-0.2, 0) is 12.6 Å². The third-order valence-electron chi connectivity index (χ3n) is 6.79. The molecule has 3 heterocycles. The molecule has 0 amide bonds. The second-order valence-electron chi connectivity index (χ2n) is 8.51. The van der Waals surface area contributed by atoms with Crippen LogP contribution in [0, 0.1) is 27.3 Å². The number of hydrogen-bond acceptors (Lipinski definition) is 7. The molecular weight excluding hydrogens is 427 g/mol. The van der Waals surface area contributed by atoms with Gasteiger partial charge in [-0.1, -0.05) is 12.1 Å². The maximum Gasteiger partial charge on any atom is 0.359 e. The van der Waals surface area contributed by atoms with E-state index in [0.29, 0.717) is 31.7 Å². The van der Waals surface area contributed by atoms with Crippen LogP contribution in [0.15, 0.2) is 41.2 Å². The predicted octanol–water partition coefficient (Wildman–Crippen LogP) is 2.66. The number of halogens is 1. The van der Waals surface area contributed by atoms with Gasteiger partial charge in [-0.3, -0.25) is 19.8 Å². The van der Waals surface area contributed by atoms with Gasteiger partial charge in [0.2, 0.25) is 0 Å². The van der Waals surface area contributed by atoms with E-state index in [1.807, 2.05) is 23.1 Å². The van der Waals surface area contributed by atoms with Crippen molar-refractivity contribution in [2.45, 2.75) is 18.4 Å². The van der Waals surface area contributed by atoms with Crippen LogP contribution in [0.3, 0.4) is 0 Å². The van der Waals surface area contributed by atoms with E-state index in [0.717, 1.165) is 18.4 Å². The molecule has 0 bridgehead atoms. The molecular formula is C23H21FN6O3. The van der Waals surface area contributed by atoms with Crippen LogP contribution >= 0.6 is 0 Å². The summed E-state index contributed by atoms with van der Waals surface area (Å²) in [5, 5.41) is 21.2. The molecule has 2 aliphatic rings. The van der Waals surface area contributed by atoms with E-state index in [4.69, 9.17) is 0 Å². The molecule has 10 heteroatoms. The summed E-state index contributed by atoms with van der Waals surface area (Å²) in [5.74, 6) is -0.270. The highest BCUT2D eigenvalue weighted by Gasteiger charge is 2.50. The van der Waals surface area contributed by atoms with Crippen molar-refractivity contribution in [3.8, 4) is 6.07 Å². The Hall–Kier alpha value is -3.84. The van der Waals surface area contributed by atoms with Gasteiger partial charge in [0, 0.05) is 38.8 Å². The summed E-state index contributed by atoms with van der Waals surface area (Å²) in [6, 6.07) is 11.6. The summed E-state index contributed by atoms with van der Waals surface area (Å²) in [6.07, 6.45) is 1.95. The first-order chi connectivity index (χ1) is 15.9. The van der Waals surface area contributed by atoms with Crippen molar-refractivity contribution < 1.29 is 9.31 Å². The zero-order valence-corrected chi connectivity index (χ0v) is 18.0. The van der Waals surface area contributed by atoms with E-state index < -0.39 is 16.2 Å². The normalized spacial score (nSPS) is 17.7. The van der Waals surface area contributed by atoms with E-state index in [1.54, 1.807) is 6.07 Å². The Morgan fingerprint density at radius 3 is 2.36 bits per heavy atom. The number of piperazine rings is 1. The number of rotatable bonds is 4. The highest BCUT2D eigenvalue weighted by atomic mass is 19.1. The Labute approximate surface area is 188 Å². The first-order valence-electron chi connectivity index (χ1n) is 10.7. The molecule has 0 spiro atoms. The molecule has 1 aliphatic carbocycles. The lowest BCUT2D eigenvalue weighted by molar-refractivity contribution is -0.385. The second kappa shape index (κ2) is 7.64. The van der Waals surface area contributed by atoms with Crippen LogP contribution in [0.5, 0.6) is 0 Å². The maximum atomic E-state index is 13.4. The van der Waals surface area contributed by atoms with Crippen molar-refractivity contribution in [2.75, 3.05) is 31.1 Å². The average Bonchev–Trinajstić information content (AvgIpc) is 3.63. The number of anilines is 1. The predicted molar refractivity (Wildman–Crippen MR) is 119 cm³/mol. The zero-order valence-electron chi connectivity index (χ0n) is 18.0. The zero-order chi connectivity index (χ0) is 23.3.